The van der Waals surface area contributed by atoms with Crippen molar-refractivity contribution in [2.75, 3.05) is 18.0 Å². The number of aliphatic hydroxyl groups is 1. The van der Waals surface area contributed by atoms with E-state index in [1.807, 2.05) is 11.8 Å². The first-order chi connectivity index (χ1) is 9.40. The molecule has 0 spiro atoms. The zero-order chi connectivity index (χ0) is 14.9. The van der Waals surface area contributed by atoms with Crippen LogP contribution in [-0.2, 0) is 0 Å². The Kier molecular flexibility index (Phi) is 4.04. The number of aliphatic hydroxyl groups excluding tert-OH is 1. The van der Waals surface area contributed by atoms with E-state index in [9.17, 15) is 20.0 Å². The fourth-order valence-electron chi connectivity index (χ4n) is 2.42. The normalized spacial score (nSPS) is 22.6. The summed E-state index contributed by atoms with van der Waals surface area (Å²) >= 11 is 0. The summed E-state index contributed by atoms with van der Waals surface area (Å²) in [5.74, 6) is -0.00579. The molecule has 1 aliphatic heterocycles. The molecule has 1 N–H and O–H groups in total. The van der Waals surface area contributed by atoms with Crippen molar-refractivity contribution in [3.05, 3.63) is 33.9 Å². The van der Waals surface area contributed by atoms with Crippen molar-refractivity contribution in [2.24, 2.45) is 5.92 Å². The number of piperidine rings is 1. The van der Waals surface area contributed by atoms with Gasteiger partial charge in [-0.05, 0) is 31.4 Å². The second-order valence-electron chi connectivity index (χ2n) is 5.30. The lowest BCUT2D eigenvalue weighted by atomic mass is 9.95. The van der Waals surface area contributed by atoms with E-state index in [2.05, 4.69) is 0 Å². The predicted octanol–water partition coefficient (Wildman–Crippen LogP) is 2.00. The van der Waals surface area contributed by atoms with Crippen LogP contribution in [0.25, 0.3) is 0 Å². The van der Waals surface area contributed by atoms with E-state index < -0.39 is 11.0 Å². The van der Waals surface area contributed by atoms with Crippen LogP contribution >= 0.6 is 0 Å². The highest BCUT2D eigenvalue weighted by Crippen LogP contribution is 2.32. The fourth-order valence-corrected chi connectivity index (χ4v) is 2.42. The molecule has 1 aromatic rings. The van der Waals surface area contributed by atoms with Gasteiger partial charge in [-0.2, -0.15) is 0 Å². The largest absolute Gasteiger partial charge is 0.391 e. The van der Waals surface area contributed by atoms with Crippen molar-refractivity contribution in [1.82, 2.24) is 0 Å². The maximum atomic E-state index is 11.3. The SMILES string of the molecule is CC(=O)c1ccc(N2CCC(C)C(O)C2)c([N+](=O)[O-])c1. The van der Waals surface area contributed by atoms with Crippen molar-refractivity contribution < 1.29 is 14.8 Å². The highest BCUT2D eigenvalue weighted by molar-refractivity contribution is 5.95. The fraction of sp³-hybridized carbons (Fsp3) is 0.500. The molecule has 0 bridgehead atoms. The molecular weight excluding hydrogens is 260 g/mol. The van der Waals surface area contributed by atoms with Crippen LogP contribution in [0.2, 0.25) is 0 Å². The Labute approximate surface area is 117 Å². The lowest BCUT2D eigenvalue weighted by Crippen LogP contribution is -2.43. The maximum Gasteiger partial charge on any atom is 0.293 e. The van der Waals surface area contributed by atoms with Crippen molar-refractivity contribution in [3.63, 3.8) is 0 Å². The highest BCUT2D eigenvalue weighted by atomic mass is 16.6. The molecule has 1 heterocycles. The number of carbonyl (C=O) groups excluding carboxylic acids is 1. The molecule has 0 aromatic heterocycles. The molecule has 1 saturated heterocycles. The summed E-state index contributed by atoms with van der Waals surface area (Å²) in [5.41, 5.74) is 0.705. The number of nitrogens with zero attached hydrogens (tertiary/aromatic N) is 2. The van der Waals surface area contributed by atoms with Gasteiger partial charge in [0.1, 0.15) is 5.69 Å². The van der Waals surface area contributed by atoms with Gasteiger partial charge < -0.3 is 10.0 Å². The van der Waals surface area contributed by atoms with Crippen LogP contribution in [0.15, 0.2) is 18.2 Å². The number of nitro groups is 1. The highest BCUT2D eigenvalue weighted by Gasteiger charge is 2.28. The second kappa shape index (κ2) is 5.58. The van der Waals surface area contributed by atoms with Gasteiger partial charge in [0.05, 0.1) is 11.0 Å². The molecule has 108 valence electrons. The Hall–Kier alpha value is -1.95. The Morgan fingerprint density at radius 2 is 2.20 bits per heavy atom. The van der Waals surface area contributed by atoms with Crippen molar-refractivity contribution in [1.29, 1.82) is 0 Å². The quantitative estimate of drug-likeness (QED) is 0.519. The van der Waals surface area contributed by atoms with Gasteiger partial charge in [-0.25, -0.2) is 0 Å². The Morgan fingerprint density at radius 3 is 2.75 bits per heavy atom. The number of hydrogen-bond acceptors (Lipinski definition) is 5. The molecule has 20 heavy (non-hydrogen) atoms. The van der Waals surface area contributed by atoms with Gasteiger partial charge in [-0.1, -0.05) is 6.92 Å². The zero-order valence-corrected chi connectivity index (χ0v) is 11.6. The van der Waals surface area contributed by atoms with E-state index in [-0.39, 0.29) is 17.4 Å². The first-order valence-electron chi connectivity index (χ1n) is 6.62. The minimum absolute atomic E-state index is 0.0838. The number of rotatable bonds is 3. The van der Waals surface area contributed by atoms with Crippen molar-refractivity contribution in [2.45, 2.75) is 26.4 Å². The minimum atomic E-state index is -0.490. The van der Waals surface area contributed by atoms with Crippen LogP contribution in [0.5, 0.6) is 0 Å². The topological polar surface area (TPSA) is 83.7 Å². The van der Waals surface area contributed by atoms with E-state index in [1.165, 1.54) is 13.0 Å². The monoisotopic (exact) mass is 278 g/mol. The van der Waals surface area contributed by atoms with Gasteiger partial charge in [0.2, 0.25) is 0 Å². The number of nitro benzene ring substituents is 1. The number of ketones is 1. The number of hydrogen-bond donors (Lipinski definition) is 1. The van der Waals surface area contributed by atoms with Crippen LogP contribution in [0.4, 0.5) is 11.4 Å². The summed E-state index contributed by atoms with van der Waals surface area (Å²) in [6.45, 7) is 4.39. The average Bonchev–Trinajstić information content (AvgIpc) is 2.41. The summed E-state index contributed by atoms with van der Waals surface area (Å²) in [6.07, 6.45) is 0.295. The van der Waals surface area contributed by atoms with E-state index in [0.717, 1.165) is 6.42 Å². The van der Waals surface area contributed by atoms with Crippen LogP contribution < -0.4 is 4.90 Å². The average molecular weight is 278 g/mol. The number of Topliss-reactive ketones (excluding diaryl/α,β-unsaturated/α-hetero) is 1. The van der Waals surface area contributed by atoms with Crippen LogP contribution in [-0.4, -0.2) is 35.0 Å². The molecule has 1 aromatic carbocycles. The molecule has 6 heteroatoms. The van der Waals surface area contributed by atoms with Gasteiger partial charge in [-0.3, -0.25) is 14.9 Å². The Morgan fingerprint density at radius 1 is 1.50 bits per heavy atom. The van der Waals surface area contributed by atoms with E-state index >= 15 is 0 Å². The minimum Gasteiger partial charge on any atom is -0.391 e. The lowest BCUT2D eigenvalue weighted by molar-refractivity contribution is -0.384. The summed E-state index contributed by atoms with van der Waals surface area (Å²) in [4.78, 5) is 23.8. The van der Waals surface area contributed by atoms with Crippen molar-refractivity contribution >= 4 is 17.2 Å². The molecule has 0 radical (unpaired) electrons. The van der Waals surface area contributed by atoms with Gasteiger partial charge in [0.15, 0.2) is 5.78 Å². The van der Waals surface area contributed by atoms with Gasteiger partial charge in [-0.15, -0.1) is 0 Å². The smallest absolute Gasteiger partial charge is 0.293 e. The third-order valence-corrected chi connectivity index (χ3v) is 3.84. The number of benzene rings is 1. The van der Waals surface area contributed by atoms with E-state index in [4.69, 9.17) is 0 Å². The summed E-state index contributed by atoms with van der Waals surface area (Å²) in [6, 6.07) is 4.49. The third kappa shape index (κ3) is 2.80. The molecule has 1 aliphatic rings. The van der Waals surface area contributed by atoms with Gasteiger partial charge >= 0.3 is 0 Å². The molecule has 1 fully saturated rings. The second-order valence-corrected chi connectivity index (χ2v) is 5.30. The van der Waals surface area contributed by atoms with Gasteiger partial charge in [0.25, 0.3) is 5.69 Å². The molecule has 0 amide bonds. The molecule has 2 atom stereocenters. The third-order valence-electron chi connectivity index (χ3n) is 3.84. The predicted molar refractivity (Wildman–Crippen MR) is 75.1 cm³/mol. The summed E-state index contributed by atoms with van der Waals surface area (Å²) in [7, 11) is 0. The Balaban J connectivity index is 2.36. The maximum absolute atomic E-state index is 11.3. The molecule has 6 nitrogen and oxygen atoms in total. The number of anilines is 1. The van der Waals surface area contributed by atoms with Crippen LogP contribution in [0, 0.1) is 16.0 Å². The number of β-amino-alcohol motifs (C(OH)–C–C–N with tert-alkyl or cyclic N) is 1. The lowest BCUT2D eigenvalue weighted by Gasteiger charge is -2.35. The van der Waals surface area contributed by atoms with E-state index in [0.29, 0.717) is 24.3 Å². The summed E-state index contributed by atoms with van der Waals surface area (Å²) < 4.78 is 0. The molecule has 2 unspecified atom stereocenters. The molecular formula is C14H18N2O4. The van der Waals surface area contributed by atoms with Gasteiger partial charge in [0, 0.05) is 24.7 Å². The zero-order valence-electron chi connectivity index (χ0n) is 11.6. The van der Waals surface area contributed by atoms with E-state index in [1.54, 1.807) is 12.1 Å². The summed E-state index contributed by atoms with van der Waals surface area (Å²) in [5, 5.41) is 21.1. The van der Waals surface area contributed by atoms with Crippen LogP contribution in [0.3, 0.4) is 0 Å². The van der Waals surface area contributed by atoms with Crippen LogP contribution in [0.1, 0.15) is 30.6 Å². The molecule has 0 saturated carbocycles. The first kappa shape index (κ1) is 14.5. The van der Waals surface area contributed by atoms with Crippen molar-refractivity contribution in [3.8, 4) is 0 Å². The Bertz CT molecular complexity index is 544. The standard InChI is InChI=1S/C14H18N2O4/c1-9-5-6-15(8-14(9)18)12-4-3-11(10(2)17)7-13(12)16(19)20/h3-4,7,9,14,18H,5-6,8H2,1-2H3. The first-order valence-corrected chi connectivity index (χ1v) is 6.62. The molecule has 0 aliphatic carbocycles. The molecule has 2 rings (SSSR count). The number of carbonyl (C=O) groups is 1.